The third-order valence-corrected chi connectivity index (χ3v) is 4.18. The van der Waals surface area contributed by atoms with Crippen molar-refractivity contribution in [3.8, 4) is 0 Å². The van der Waals surface area contributed by atoms with Crippen molar-refractivity contribution in [2.45, 2.75) is 32.2 Å². The van der Waals surface area contributed by atoms with Crippen LogP contribution in [0.4, 0.5) is 5.13 Å². The maximum Gasteiger partial charge on any atom is 0.186 e. The zero-order valence-electron chi connectivity index (χ0n) is 10.3. The Morgan fingerprint density at radius 1 is 1.65 bits per heavy atom. The number of carbonyl (C=O) groups is 1. The van der Waals surface area contributed by atoms with Gasteiger partial charge < -0.3 is 9.64 Å². The minimum Gasteiger partial charge on any atom is -0.379 e. The molecule has 2 heterocycles. The van der Waals surface area contributed by atoms with Gasteiger partial charge in [0.15, 0.2) is 11.4 Å². The van der Waals surface area contributed by atoms with Crippen molar-refractivity contribution in [1.82, 2.24) is 4.98 Å². The normalized spacial score (nSPS) is 19.5. The molecule has 2 rings (SSSR count). The Morgan fingerprint density at radius 2 is 2.47 bits per heavy atom. The minimum absolute atomic E-state index is 0.398. The van der Waals surface area contributed by atoms with Crippen LogP contribution in [-0.4, -0.2) is 37.6 Å². The molecule has 0 amide bonds. The predicted octanol–water partition coefficient (Wildman–Crippen LogP) is 2.13. The Hall–Kier alpha value is -0.940. The lowest BCUT2D eigenvalue weighted by Gasteiger charge is -2.21. The molecular weight excluding hydrogens is 236 g/mol. The van der Waals surface area contributed by atoms with Gasteiger partial charge in [-0.15, -0.1) is 0 Å². The molecule has 0 aliphatic carbocycles. The Kier molecular flexibility index (Phi) is 4.12. The van der Waals surface area contributed by atoms with Crippen molar-refractivity contribution < 1.29 is 9.53 Å². The molecule has 0 saturated carbocycles. The average Bonchev–Trinajstić information content (AvgIpc) is 2.97. The van der Waals surface area contributed by atoms with E-state index < -0.39 is 0 Å². The molecule has 17 heavy (non-hydrogen) atoms. The molecule has 1 saturated heterocycles. The van der Waals surface area contributed by atoms with Crippen LogP contribution in [0.25, 0.3) is 0 Å². The van der Waals surface area contributed by atoms with Crippen molar-refractivity contribution in [3.63, 3.8) is 0 Å². The predicted molar refractivity (Wildman–Crippen MR) is 69.1 cm³/mol. The van der Waals surface area contributed by atoms with Gasteiger partial charge in [0.05, 0.1) is 23.2 Å². The zero-order valence-corrected chi connectivity index (χ0v) is 11.1. The van der Waals surface area contributed by atoms with Gasteiger partial charge in [-0.2, -0.15) is 0 Å². The van der Waals surface area contributed by atoms with E-state index >= 15 is 0 Å². The number of carbonyl (C=O) groups excluding carboxylic acids is 1. The molecule has 5 heteroatoms. The maximum atomic E-state index is 11.0. The second-order valence-corrected chi connectivity index (χ2v) is 5.31. The number of aldehydes is 1. The van der Waals surface area contributed by atoms with Crippen LogP contribution in [0.3, 0.4) is 0 Å². The van der Waals surface area contributed by atoms with E-state index in [-0.39, 0.29) is 0 Å². The summed E-state index contributed by atoms with van der Waals surface area (Å²) in [5.41, 5.74) is 0.938. The monoisotopic (exact) mass is 254 g/mol. The van der Waals surface area contributed by atoms with Crippen LogP contribution >= 0.6 is 11.3 Å². The molecule has 94 valence electrons. The van der Waals surface area contributed by atoms with Gasteiger partial charge in [-0.25, -0.2) is 4.98 Å². The zero-order chi connectivity index (χ0) is 12.3. The largest absolute Gasteiger partial charge is 0.379 e. The molecule has 1 fully saturated rings. The highest BCUT2D eigenvalue weighted by atomic mass is 32.1. The van der Waals surface area contributed by atoms with Crippen LogP contribution in [-0.2, 0) is 11.2 Å². The lowest BCUT2D eigenvalue weighted by atomic mass is 10.2. The molecule has 1 aliphatic rings. The molecular formula is C12H18N2O2S. The molecule has 0 spiro atoms. The van der Waals surface area contributed by atoms with E-state index in [4.69, 9.17) is 4.74 Å². The number of thiazole rings is 1. The summed E-state index contributed by atoms with van der Waals surface area (Å²) in [5, 5.41) is 0.936. The van der Waals surface area contributed by atoms with Crippen molar-refractivity contribution in [2.75, 3.05) is 25.2 Å². The van der Waals surface area contributed by atoms with Crippen molar-refractivity contribution in [1.29, 1.82) is 0 Å². The molecule has 1 aliphatic heterocycles. The smallest absolute Gasteiger partial charge is 0.186 e. The standard InChI is InChI=1S/C12H18N2O2S/c1-3-4-10-11(7-15)17-12(13-10)14(2)9-5-6-16-8-9/h7,9H,3-6,8H2,1-2H3. The van der Waals surface area contributed by atoms with Gasteiger partial charge in [0.25, 0.3) is 0 Å². The van der Waals surface area contributed by atoms with Gasteiger partial charge in [-0.05, 0) is 12.8 Å². The first kappa shape index (κ1) is 12.5. The fourth-order valence-electron chi connectivity index (χ4n) is 1.99. The summed E-state index contributed by atoms with van der Waals surface area (Å²) < 4.78 is 5.38. The summed E-state index contributed by atoms with van der Waals surface area (Å²) in [7, 11) is 2.03. The van der Waals surface area contributed by atoms with E-state index in [0.717, 1.165) is 54.5 Å². The number of rotatable bonds is 5. The van der Waals surface area contributed by atoms with Crippen molar-refractivity contribution in [3.05, 3.63) is 10.6 Å². The van der Waals surface area contributed by atoms with Crippen LogP contribution < -0.4 is 4.90 Å². The molecule has 0 N–H and O–H groups in total. The fourth-order valence-corrected chi connectivity index (χ4v) is 2.95. The van der Waals surface area contributed by atoms with E-state index in [1.807, 2.05) is 7.05 Å². The van der Waals surface area contributed by atoms with Crippen molar-refractivity contribution >= 4 is 22.8 Å². The average molecular weight is 254 g/mol. The number of likely N-dealkylation sites (N-methyl/N-ethyl adjacent to an activating group) is 1. The minimum atomic E-state index is 0.398. The van der Waals surface area contributed by atoms with Crippen LogP contribution in [0, 0.1) is 0 Å². The summed E-state index contributed by atoms with van der Waals surface area (Å²) >= 11 is 1.49. The molecule has 1 unspecified atom stereocenters. The highest BCUT2D eigenvalue weighted by molar-refractivity contribution is 7.17. The molecule has 0 radical (unpaired) electrons. The lowest BCUT2D eigenvalue weighted by molar-refractivity contribution is 0.112. The second-order valence-electron chi connectivity index (χ2n) is 4.30. The molecule has 0 aromatic carbocycles. The number of anilines is 1. The third kappa shape index (κ3) is 2.66. The molecule has 4 nitrogen and oxygen atoms in total. The Labute approximate surface area is 106 Å². The summed E-state index contributed by atoms with van der Waals surface area (Å²) in [5.74, 6) is 0. The Morgan fingerprint density at radius 3 is 3.06 bits per heavy atom. The number of nitrogens with zero attached hydrogens (tertiary/aromatic N) is 2. The first-order valence-corrected chi connectivity index (χ1v) is 6.83. The highest BCUT2D eigenvalue weighted by Crippen LogP contribution is 2.28. The van der Waals surface area contributed by atoms with E-state index in [0.29, 0.717) is 6.04 Å². The van der Waals surface area contributed by atoms with Gasteiger partial charge in [-0.1, -0.05) is 24.7 Å². The molecule has 0 bridgehead atoms. The van der Waals surface area contributed by atoms with Gasteiger partial charge in [0.2, 0.25) is 0 Å². The summed E-state index contributed by atoms with van der Waals surface area (Å²) in [4.78, 5) is 18.5. The van der Waals surface area contributed by atoms with E-state index in [1.165, 1.54) is 11.3 Å². The lowest BCUT2D eigenvalue weighted by Crippen LogP contribution is -2.31. The van der Waals surface area contributed by atoms with Crippen LogP contribution in [0.1, 0.15) is 35.1 Å². The Balaban J connectivity index is 2.16. The van der Waals surface area contributed by atoms with E-state index in [2.05, 4.69) is 16.8 Å². The summed E-state index contributed by atoms with van der Waals surface area (Å²) in [6.45, 7) is 3.68. The first-order chi connectivity index (χ1) is 8.26. The van der Waals surface area contributed by atoms with Crippen molar-refractivity contribution in [2.24, 2.45) is 0 Å². The Bertz CT molecular complexity index is 386. The van der Waals surface area contributed by atoms with Gasteiger partial charge >= 0.3 is 0 Å². The molecule has 1 aromatic rings. The maximum absolute atomic E-state index is 11.0. The number of hydrogen-bond donors (Lipinski definition) is 0. The summed E-state index contributed by atoms with van der Waals surface area (Å²) in [6, 6.07) is 0.398. The van der Waals surface area contributed by atoms with Crippen LogP contribution in [0.15, 0.2) is 0 Å². The number of ether oxygens (including phenoxy) is 1. The number of hydrogen-bond acceptors (Lipinski definition) is 5. The molecule has 1 atom stereocenters. The third-order valence-electron chi connectivity index (χ3n) is 3.07. The van der Waals surface area contributed by atoms with Gasteiger partial charge in [0.1, 0.15) is 0 Å². The topological polar surface area (TPSA) is 42.4 Å². The van der Waals surface area contributed by atoms with E-state index in [1.54, 1.807) is 0 Å². The van der Waals surface area contributed by atoms with Gasteiger partial charge in [-0.3, -0.25) is 4.79 Å². The van der Waals surface area contributed by atoms with E-state index in [9.17, 15) is 4.79 Å². The molecule has 1 aromatic heterocycles. The number of aromatic nitrogens is 1. The quantitative estimate of drug-likeness (QED) is 0.755. The number of aryl methyl sites for hydroxylation is 1. The second kappa shape index (κ2) is 5.60. The van der Waals surface area contributed by atoms with Crippen LogP contribution in [0.5, 0.6) is 0 Å². The summed E-state index contributed by atoms with van der Waals surface area (Å²) in [6.07, 6.45) is 3.85. The SMILES string of the molecule is CCCc1nc(N(C)C2CCOC2)sc1C=O. The highest BCUT2D eigenvalue weighted by Gasteiger charge is 2.23. The van der Waals surface area contributed by atoms with Gasteiger partial charge in [0, 0.05) is 13.7 Å². The fraction of sp³-hybridized carbons (Fsp3) is 0.667. The van der Waals surface area contributed by atoms with Crippen LogP contribution in [0.2, 0.25) is 0 Å². The first-order valence-electron chi connectivity index (χ1n) is 6.01.